The third-order valence-electron chi connectivity index (χ3n) is 2.79. The zero-order valence-electron chi connectivity index (χ0n) is 10.4. The van der Waals surface area contributed by atoms with Gasteiger partial charge in [-0.25, -0.2) is 0 Å². The Bertz CT molecular complexity index is 355. The summed E-state index contributed by atoms with van der Waals surface area (Å²) in [6.45, 7) is 2.88. The van der Waals surface area contributed by atoms with Gasteiger partial charge in [0.1, 0.15) is 0 Å². The maximum Gasteiger partial charge on any atom is 0.206 e. The van der Waals surface area contributed by atoms with Gasteiger partial charge in [-0.3, -0.25) is 0 Å². The quantitative estimate of drug-likeness (QED) is 0.807. The first-order valence-corrected chi connectivity index (χ1v) is 5.74. The lowest BCUT2D eigenvalue weighted by Crippen LogP contribution is -2.15. The zero-order chi connectivity index (χ0) is 12.3. The summed E-state index contributed by atoms with van der Waals surface area (Å²) < 4.78 is 21.9. The van der Waals surface area contributed by atoms with E-state index in [0.29, 0.717) is 23.2 Å². The van der Waals surface area contributed by atoms with Crippen LogP contribution in [-0.2, 0) is 4.74 Å². The Morgan fingerprint density at radius 3 is 2.29 bits per heavy atom. The van der Waals surface area contributed by atoms with E-state index in [2.05, 4.69) is 6.92 Å². The SMILES string of the molecule is COc1cccc(OC)c1OC1C[C@@H](C)CO1. The van der Waals surface area contributed by atoms with Gasteiger partial charge in [0.25, 0.3) is 0 Å². The third-order valence-corrected chi connectivity index (χ3v) is 2.79. The summed E-state index contributed by atoms with van der Waals surface area (Å²) >= 11 is 0. The Morgan fingerprint density at radius 1 is 1.18 bits per heavy atom. The fourth-order valence-electron chi connectivity index (χ4n) is 1.88. The molecule has 1 unspecified atom stereocenters. The number of benzene rings is 1. The second-order valence-electron chi connectivity index (χ2n) is 4.21. The molecule has 1 aliphatic rings. The molecule has 0 saturated carbocycles. The normalized spacial score (nSPS) is 23.5. The highest BCUT2D eigenvalue weighted by Crippen LogP contribution is 2.38. The highest BCUT2D eigenvalue weighted by molar-refractivity contribution is 5.51. The minimum atomic E-state index is -0.213. The standard InChI is InChI=1S/C13H18O4/c1-9-7-12(16-8-9)17-13-10(14-2)5-4-6-11(13)15-3/h4-6,9,12H,7-8H2,1-3H3/t9-,12?/m1/s1. The fourth-order valence-corrected chi connectivity index (χ4v) is 1.88. The molecule has 0 radical (unpaired) electrons. The molecule has 17 heavy (non-hydrogen) atoms. The van der Waals surface area contributed by atoms with Crippen molar-refractivity contribution in [3.63, 3.8) is 0 Å². The molecule has 0 amide bonds. The molecule has 0 aromatic heterocycles. The van der Waals surface area contributed by atoms with Crippen LogP contribution in [0, 0.1) is 5.92 Å². The van der Waals surface area contributed by atoms with Crippen molar-refractivity contribution >= 4 is 0 Å². The molecule has 1 heterocycles. The molecule has 1 aromatic carbocycles. The monoisotopic (exact) mass is 238 g/mol. The molecule has 1 aliphatic heterocycles. The van der Waals surface area contributed by atoms with E-state index in [1.54, 1.807) is 14.2 Å². The van der Waals surface area contributed by atoms with Gasteiger partial charge in [-0.1, -0.05) is 13.0 Å². The van der Waals surface area contributed by atoms with E-state index >= 15 is 0 Å². The van der Waals surface area contributed by atoms with Gasteiger partial charge in [0, 0.05) is 6.42 Å². The van der Waals surface area contributed by atoms with Crippen molar-refractivity contribution < 1.29 is 18.9 Å². The second-order valence-corrected chi connectivity index (χ2v) is 4.21. The highest BCUT2D eigenvalue weighted by Gasteiger charge is 2.25. The van der Waals surface area contributed by atoms with Gasteiger partial charge in [0.05, 0.1) is 20.8 Å². The predicted octanol–water partition coefficient (Wildman–Crippen LogP) is 2.47. The summed E-state index contributed by atoms with van der Waals surface area (Å²) in [5.74, 6) is 2.46. The minimum absolute atomic E-state index is 0.213. The summed E-state index contributed by atoms with van der Waals surface area (Å²) in [5.41, 5.74) is 0. The Hall–Kier alpha value is -1.42. The van der Waals surface area contributed by atoms with Crippen molar-refractivity contribution in [2.45, 2.75) is 19.6 Å². The Kier molecular flexibility index (Phi) is 3.74. The van der Waals surface area contributed by atoms with Crippen LogP contribution < -0.4 is 14.2 Å². The smallest absolute Gasteiger partial charge is 0.206 e. The van der Waals surface area contributed by atoms with Gasteiger partial charge >= 0.3 is 0 Å². The van der Waals surface area contributed by atoms with Crippen molar-refractivity contribution in [3.8, 4) is 17.2 Å². The van der Waals surface area contributed by atoms with E-state index in [0.717, 1.165) is 13.0 Å². The summed E-state index contributed by atoms with van der Waals surface area (Å²) in [4.78, 5) is 0. The number of hydrogen-bond donors (Lipinski definition) is 0. The summed E-state index contributed by atoms with van der Waals surface area (Å²) in [6.07, 6.45) is 0.677. The van der Waals surface area contributed by atoms with E-state index in [4.69, 9.17) is 18.9 Å². The van der Waals surface area contributed by atoms with E-state index in [1.807, 2.05) is 18.2 Å². The minimum Gasteiger partial charge on any atom is -0.493 e. The lowest BCUT2D eigenvalue weighted by atomic mass is 10.1. The molecular formula is C13H18O4. The molecule has 94 valence electrons. The summed E-state index contributed by atoms with van der Waals surface area (Å²) in [5, 5.41) is 0. The molecule has 1 saturated heterocycles. The van der Waals surface area contributed by atoms with Crippen molar-refractivity contribution in [2.75, 3.05) is 20.8 Å². The summed E-state index contributed by atoms with van der Waals surface area (Å²) in [7, 11) is 3.22. The highest BCUT2D eigenvalue weighted by atomic mass is 16.7. The third kappa shape index (κ3) is 2.64. The number of methoxy groups -OCH3 is 2. The van der Waals surface area contributed by atoms with E-state index in [9.17, 15) is 0 Å². The molecule has 1 fully saturated rings. The maximum absolute atomic E-state index is 5.82. The first-order chi connectivity index (χ1) is 8.24. The van der Waals surface area contributed by atoms with E-state index < -0.39 is 0 Å². The van der Waals surface area contributed by atoms with Crippen molar-refractivity contribution in [1.29, 1.82) is 0 Å². The van der Waals surface area contributed by atoms with Crippen LogP contribution in [0.25, 0.3) is 0 Å². The van der Waals surface area contributed by atoms with Crippen molar-refractivity contribution in [3.05, 3.63) is 18.2 Å². The largest absolute Gasteiger partial charge is 0.493 e. The van der Waals surface area contributed by atoms with E-state index in [1.165, 1.54) is 0 Å². The first kappa shape index (κ1) is 12.0. The Morgan fingerprint density at radius 2 is 1.82 bits per heavy atom. The maximum atomic E-state index is 5.82. The summed E-state index contributed by atoms with van der Waals surface area (Å²) in [6, 6.07) is 5.55. The van der Waals surface area contributed by atoms with Crippen LogP contribution in [-0.4, -0.2) is 27.1 Å². The topological polar surface area (TPSA) is 36.9 Å². The van der Waals surface area contributed by atoms with Crippen LogP contribution in [0.4, 0.5) is 0 Å². The molecule has 0 bridgehead atoms. The van der Waals surface area contributed by atoms with Gasteiger partial charge < -0.3 is 18.9 Å². The van der Waals surface area contributed by atoms with Gasteiger partial charge in [0.15, 0.2) is 11.5 Å². The van der Waals surface area contributed by atoms with Gasteiger partial charge in [-0.15, -0.1) is 0 Å². The van der Waals surface area contributed by atoms with Crippen LogP contribution in [0.5, 0.6) is 17.2 Å². The van der Waals surface area contributed by atoms with Gasteiger partial charge in [-0.05, 0) is 18.1 Å². The number of para-hydroxylation sites is 1. The zero-order valence-corrected chi connectivity index (χ0v) is 10.4. The van der Waals surface area contributed by atoms with Crippen LogP contribution in [0.15, 0.2) is 18.2 Å². The molecule has 0 N–H and O–H groups in total. The van der Waals surface area contributed by atoms with Gasteiger partial charge in [-0.2, -0.15) is 0 Å². The average molecular weight is 238 g/mol. The lowest BCUT2D eigenvalue weighted by molar-refractivity contribution is -0.0418. The van der Waals surface area contributed by atoms with Crippen molar-refractivity contribution in [2.24, 2.45) is 5.92 Å². The van der Waals surface area contributed by atoms with Crippen LogP contribution in [0.2, 0.25) is 0 Å². The first-order valence-electron chi connectivity index (χ1n) is 5.74. The van der Waals surface area contributed by atoms with E-state index in [-0.39, 0.29) is 6.29 Å². The molecular weight excluding hydrogens is 220 g/mol. The lowest BCUT2D eigenvalue weighted by Gasteiger charge is -2.17. The van der Waals surface area contributed by atoms with Crippen LogP contribution in [0.1, 0.15) is 13.3 Å². The molecule has 4 nitrogen and oxygen atoms in total. The Balaban J connectivity index is 2.18. The molecule has 1 aromatic rings. The second kappa shape index (κ2) is 5.27. The van der Waals surface area contributed by atoms with Gasteiger partial charge in [0.2, 0.25) is 12.0 Å². The molecule has 4 heteroatoms. The molecule has 2 atom stereocenters. The van der Waals surface area contributed by atoms with Crippen LogP contribution >= 0.6 is 0 Å². The van der Waals surface area contributed by atoms with Crippen LogP contribution in [0.3, 0.4) is 0 Å². The predicted molar refractivity (Wildman–Crippen MR) is 63.7 cm³/mol. The number of hydrogen-bond acceptors (Lipinski definition) is 4. The van der Waals surface area contributed by atoms with Crippen molar-refractivity contribution in [1.82, 2.24) is 0 Å². The molecule has 0 spiro atoms. The number of rotatable bonds is 4. The fraction of sp³-hybridized carbons (Fsp3) is 0.538. The number of ether oxygens (including phenoxy) is 4. The molecule has 0 aliphatic carbocycles. The Labute approximate surface area is 101 Å². The molecule has 2 rings (SSSR count). The average Bonchev–Trinajstić information content (AvgIpc) is 2.75.